The molecule has 0 N–H and O–H groups in total. The Bertz CT molecular complexity index is 767. The van der Waals surface area contributed by atoms with Gasteiger partial charge in [-0.1, -0.05) is 80.6 Å². The maximum absolute atomic E-state index is 2.30. The number of hydrogen-bond acceptors (Lipinski definition) is 0. The summed E-state index contributed by atoms with van der Waals surface area (Å²) in [6.07, 6.45) is 0. The van der Waals surface area contributed by atoms with Crippen molar-refractivity contribution in [3.63, 3.8) is 0 Å². The van der Waals surface area contributed by atoms with E-state index in [-0.39, 0.29) is 0 Å². The molecule has 110 valence electrons. The first-order valence-corrected chi connectivity index (χ1v) is 7.91. The highest BCUT2D eigenvalue weighted by molar-refractivity contribution is 5.73. The second kappa shape index (κ2) is 6.19. The summed E-state index contributed by atoms with van der Waals surface area (Å²) in [4.78, 5) is 0. The van der Waals surface area contributed by atoms with Gasteiger partial charge < -0.3 is 0 Å². The van der Waals surface area contributed by atoms with Gasteiger partial charge in [0.1, 0.15) is 0 Å². The minimum atomic E-state index is 0.574. The second-order valence-corrected chi connectivity index (χ2v) is 6.17. The van der Waals surface area contributed by atoms with Crippen molar-refractivity contribution in [3.05, 3.63) is 83.9 Å². The van der Waals surface area contributed by atoms with Crippen LogP contribution in [0.3, 0.4) is 0 Å². The van der Waals surface area contributed by atoms with Gasteiger partial charge in [-0.25, -0.2) is 0 Å². The molecule has 0 aromatic heterocycles. The number of hydrogen-bond donors (Lipinski definition) is 0. The fraction of sp³-hybridized carbons (Fsp3) is 0.182. The molecule has 0 saturated heterocycles. The van der Waals surface area contributed by atoms with E-state index >= 15 is 0 Å². The summed E-state index contributed by atoms with van der Waals surface area (Å²) in [6, 6.07) is 26.1. The molecule has 0 radical (unpaired) electrons. The van der Waals surface area contributed by atoms with Gasteiger partial charge in [-0.05, 0) is 52.3 Å². The van der Waals surface area contributed by atoms with Crippen LogP contribution in [0.5, 0.6) is 0 Å². The van der Waals surface area contributed by atoms with E-state index in [9.17, 15) is 0 Å². The Balaban J connectivity index is 2.01. The monoisotopic (exact) mass is 286 g/mol. The largest absolute Gasteiger partial charge is 0.0622 e. The third-order valence-electron chi connectivity index (χ3n) is 4.19. The van der Waals surface area contributed by atoms with Gasteiger partial charge in [-0.2, -0.15) is 0 Å². The van der Waals surface area contributed by atoms with Crippen molar-refractivity contribution in [2.24, 2.45) is 0 Å². The SMILES string of the molecule is Cc1cc(-c2cccc(-c3ccccc3)c2)ccc1C(C)C. The molecule has 0 atom stereocenters. The van der Waals surface area contributed by atoms with E-state index in [1.165, 1.54) is 33.4 Å². The third kappa shape index (κ3) is 2.96. The van der Waals surface area contributed by atoms with Crippen LogP contribution in [-0.4, -0.2) is 0 Å². The van der Waals surface area contributed by atoms with Crippen molar-refractivity contribution < 1.29 is 0 Å². The molecule has 0 fully saturated rings. The molecule has 0 aliphatic carbocycles. The van der Waals surface area contributed by atoms with Crippen LogP contribution in [0, 0.1) is 6.92 Å². The molecular formula is C22H22. The van der Waals surface area contributed by atoms with Crippen molar-refractivity contribution >= 4 is 0 Å². The Morgan fingerprint density at radius 2 is 1.18 bits per heavy atom. The van der Waals surface area contributed by atoms with Gasteiger partial charge >= 0.3 is 0 Å². The molecule has 0 nitrogen and oxygen atoms in total. The molecule has 3 aromatic rings. The molecular weight excluding hydrogens is 264 g/mol. The first kappa shape index (κ1) is 14.6. The summed E-state index contributed by atoms with van der Waals surface area (Å²) in [7, 11) is 0. The van der Waals surface area contributed by atoms with Gasteiger partial charge in [0.05, 0.1) is 0 Å². The van der Waals surface area contributed by atoms with Crippen LogP contribution >= 0.6 is 0 Å². The fourth-order valence-corrected chi connectivity index (χ4v) is 3.01. The van der Waals surface area contributed by atoms with Gasteiger partial charge in [-0.15, -0.1) is 0 Å². The minimum Gasteiger partial charge on any atom is -0.0622 e. The van der Waals surface area contributed by atoms with Gasteiger partial charge in [0, 0.05) is 0 Å². The predicted octanol–water partition coefficient (Wildman–Crippen LogP) is 6.45. The van der Waals surface area contributed by atoms with E-state index in [4.69, 9.17) is 0 Å². The smallest absolute Gasteiger partial charge is 0.0178 e. The van der Waals surface area contributed by atoms with Crippen LogP contribution in [0.4, 0.5) is 0 Å². The van der Waals surface area contributed by atoms with E-state index in [0.717, 1.165) is 0 Å². The van der Waals surface area contributed by atoms with Gasteiger partial charge in [0.2, 0.25) is 0 Å². The number of rotatable bonds is 3. The highest BCUT2D eigenvalue weighted by Crippen LogP contribution is 2.29. The molecule has 0 amide bonds. The number of aryl methyl sites for hydroxylation is 1. The summed E-state index contributed by atoms with van der Waals surface area (Å²) in [5.41, 5.74) is 7.91. The Labute approximate surface area is 133 Å². The zero-order valence-corrected chi connectivity index (χ0v) is 13.5. The van der Waals surface area contributed by atoms with Crippen molar-refractivity contribution in [3.8, 4) is 22.3 Å². The first-order chi connectivity index (χ1) is 10.6. The quantitative estimate of drug-likeness (QED) is 0.519. The van der Waals surface area contributed by atoms with E-state index in [2.05, 4.69) is 93.6 Å². The summed E-state index contributed by atoms with van der Waals surface area (Å²) in [6.45, 7) is 6.70. The molecule has 0 bridgehead atoms. The van der Waals surface area contributed by atoms with Crippen molar-refractivity contribution in [2.75, 3.05) is 0 Å². The van der Waals surface area contributed by atoms with Crippen molar-refractivity contribution in [1.29, 1.82) is 0 Å². The highest BCUT2D eigenvalue weighted by atomic mass is 14.1. The van der Waals surface area contributed by atoms with Crippen LogP contribution in [0.25, 0.3) is 22.3 Å². The molecule has 0 aliphatic rings. The lowest BCUT2D eigenvalue weighted by Gasteiger charge is -2.12. The maximum atomic E-state index is 2.30. The lowest BCUT2D eigenvalue weighted by Crippen LogP contribution is -1.92. The lowest BCUT2D eigenvalue weighted by molar-refractivity contribution is 0.857. The Morgan fingerprint density at radius 1 is 0.591 bits per heavy atom. The third-order valence-corrected chi connectivity index (χ3v) is 4.19. The van der Waals surface area contributed by atoms with Gasteiger partial charge in [-0.3, -0.25) is 0 Å². The van der Waals surface area contributed by atoms with Crippen molar-refractivity contribution in [2.45, 2.75) is 26.7 Å². The van der Waals surface area contributed by atoms with Crippen LogP contribution in [0.2, 0.25) is 0 Å². The molecule has 3 aromatic carbocycles. The zero-order valence-electron chi connectivity index (χ0n) is 13.5. The van der Waals surface area contributed by atoms with Crippen molar-refractivity contribution in [1.82, 2.24) is 0 Å². The molecule has 3 rings (SSSR count). The van der Waals surface area contributed by atoms with Crippen LogP contribution < -0.4 is 0 Å². The van der Waals surface area contributed by atoms with E-state index in [0.29, 0.717) is 5.92 Å². The number of benzene rings is 3. The van der Waals surface area contributed by atoms with Crippen LogP contribution in [0.1, 0.15) is 30.9 Å². The Morgan fingerprint density at radius 3 is 1.82 bits per heavy atom. The molecule has 0 heteroatoms. The van der Waals surface area contributed by atoms with E-state index < -0.39 is 0 Å². The molecule has 22 heavy (non-hydrogen) atoms. The molecule has 0 heterocycles. The first-order valence-electron chi connectivity index (χ1n) is 7.91. The van der Waals surface area contributed by atoms with Crippen LogP contribution in [-0.2, 0) is 0 Å². The summed E-state index contributed by atoms with van der Waals surface area (Å²) in [5.74, 6) is 0.574. The zero-order chi connectivity index (χ0) is 15.5. The maximum Gasteiger partial charge on any atom is -0.0178 e. The van der Waals surface area contributed by atoms with E-state index in [1.807, 2.05) is 0 Å². The van der Waals surface area contributed by atoms with Gasteiger partial charge in [0.15, 0.2) is 0 Å². The fourth-order valence-electron chi connectivity index (χ4n) is 3.01. The van der Waals surface area contributed by atoms with Gasteiger partial charge in [0.25, 0.3) is 0 Å². The average Bonchev–Trinajstić information content (AvgIpc) is 2.55. The predicted molar refractivity (Wildman–Crippen MR) is 96.1 cm³/mol. The molecule has 0 spiro atoms. The highest BCUT2D eigenvalue weighted by Gasteiger charge is 2.06. The molecule has 0 saturated carbocycles. The summed E-state index contributed by atoms with van der Waals surface area (Å²) in [5, 5.41) is 0. The average molecular weight is 286 g/mol. The standard InChI is InChI=1S/C22H22/c1-16(2)22-13-12-21(14-17(22)3)20-11-7-10-19(15-20)18-8-5-4-6-9-18/h4-16H,1-3H3. The summed E-state index contributed by atoms with van der Waals surface area (Å²) < 4.78 is 0. The Kier molecular flexibility index (Phi) is 4.11. The normalized spacial score (nSPS) is 10.9. The second-order valence-electron chi connectivity index (χ2n) is 6.17. The van der Waals surface area contributed by atoms with Crippen LogP contribution in [0.15, 0.2) is 72.8 Å². The molecule has 0 unspecified atom stereocenters. The Hall–Kier alpha value is -2.34. The topological polar surface area (TPSA) is 0 Å². The lowest BCUT2D eigenvalue weighted by atomic mass is 9.93. The minimum absolute atomic E-state index is 0.574. The van der Waals surface area contributed by atoms with E-state index in [1.54, 1.807) is 0 Å². The summed E-state index contributed by atoms with van der Waals surface area (Å²) >= 11 is 0. The molecule has 0 aliphatic heterocycles.